The lowest BCUT2D eigenvalue weighted by Crippen LogP contribution is -2.22. The molecule has 0 spiro atoms. The van der Waals surface area contributed by atoms with E-state index in [1.165, 1.54) is 6.42 Å². The molecule has 2 aromatic heterocycles. The van der Waals surface area contributed by atoms with E-state index in [1.54, 1.807) is 11.3 Å². The van der Waals surface area contributed by atoms with E-state index in [-0.39, 0.29) is 0 Å². The predicted octanol–water partition coefficient (Wildman–Crippen LogP) is 2.48. The molecule has 3 heterocycles. The fourth-order valence-corrected chi connectivity index (χ4v) is 3.19. The summed E-state index contributed by atoms with van der Waals surface area (Å²) in [5.74, 6) is 0.978. The molecule has 0 aromatic carbocycles. The molecular formula is C12H16N4OS. The molecule has 5 nitrogen and oxygen atoms in total. The fourth-order valence-electron chi connectivity index (χ4n) is 2.45. The van der Waals surface area contributed by atoms with Crippen molar-refractivity contribution in [2.75, 3.05) is 6.54 Å². The molecule has 2 aromatic rings. The Bertz CT molecular complexity index is 536. The maximum atomic E-state index is 5.40. The summed E-state index contributed by atoms with van der Waals surface area (Å²) >= 11 is 1.67. The zero-order chi connectivity index (χ0) is 12.5. The average Bonchev–Trinajstić information content (AvgIpc) is 3.01. The molecule has 18 heavy (non-hydrogen) atoms. The fraction of sp³-hybridized carbons (Fsp3) is 0.583. The van der Waals surface area contributed by atoms with E-state index in [0.29, 0.717) is 6.04 Å². The summed E-state index contributed by atoms with van der Waals surface area (Å²) in [7, 11) is 0. The van der Waals surface area contributed by atoms with E-state index in [2.05, 4.69) is 20.3 Å². The topological polar surface area (TPSA) is 55.1 Å². The summed E-state index contributed by atoms with van der Waals surface area (Å²) in [6.45, 7) is 5.89. The van der Waals surface area contributed by atoms with Gasteiger partial charge in [-0.1, -0.05) is 5.16 Å². The van der Waals surface area contributed by atoms with Gasteiger partial charge in [0.1, 0.15) is 10.0 Å². The van der Waals surface area contributed by atoms with Gasteiger partial charge in [0.25, 0.3) is 0 Å². The number of hydrogen-bond donors (Lipinski definition) is 0. The van der Waals surface area contributed by atoms with Gasteiger partial charge in [0.05, 0.1) is 18.3 Å². The van der Waals surface area contributed by atoms with Crippen LogP contribution in [-0.4, -0.2) is 26.8 Å². The largest absolute Gasteiger partial charge is 0.359 e. The third-order valence-corrected chi connectivity index (χ3v) is 4.07. The van der Waals surface area contributed by atoms with Crippen molar-refractivity contribution in [3.8, 4) is 0 Å². The SMILES string of the molecule is Cc1cc([C@@H]2CCCN2Cc2nnc(C)s2)on1. The maximum Gasteiger partial charge on any atom is 0.154 e. The van der Waals surface area contributed by atoms with Crippen LogP contribution in [0.3, 0.4) is 0 Å². The molecule has 0 aliphatic carbocycles. The maximum absolute atomic E-state index is 5.40. The van der Waals surface area contributed by atoms with E-state index in [9.17, 15) is 0 Å². The number of hydrogen-bond acceptors (Lipinski definition) is 6. The van der Waals surface area contributed by atoms with Crippen molar-refractivity contribution in [2.45, 2.75) is 39.3 Å². The molecule has 1 fully saturated rings. The van der Waals surface area contributed by atoms with Crippen molar-refractivity contribution < 1.29 is 4.52 Å². The standard InChI is InChI=1S/C12H16N4OS/c1-8-6-11(17-15-8)10-4-3-5-16(10)7-12-14-13-9(2)18-12/h6,10H,3-5,7H2,1-2H3/t10-/m0/s1. The van der Waals surface area contributed by atoms with Crippen molar-refractivity contribution in [1.82, 2.24) is 20.3 Å². The quantitative estimate of drug-likeness (QED) is 0.852. The zero-order valence-corrected chi connectivity index (χ0v) is 11.4. The van der Waals surface area contributed by atoms with E-state index < -0.39 is 0 Å². The summed E-state index contributed by atoms with van der Waals surface area (Å²) in [6, 6.07) is 2.38. The lowest BCUT2D eigenvalue weighted by molar-refractivity contribution is 0.206. The van der Waals surface area contributed by atoms with Gasteiger partial charge in [0, 0.05) is 6.07 Å². The van der Waals surface area contributed by atoms with Gasteiger partial charge in [-0.2, -0.15) is 0 Å². The first-order valence-corrected chi connectivity index (χ1v) is 7.00. The molecule has 6 heteroatoms. The molecule has 96 valence electrons. The Kier molecular flexibility index (Phi) is 3.13. The number of aromatic nitrogens is 3. The van der Waals surface area contributed by atoms with Gasteiger partial charge < -0.3 is 4.52 Å². The summed E-state index contributed by atoms with van der Waals surface area (Å²) in [5.41, 5.74) is 0.948. The van der Waals surface area contributed by atoms with E-state index >= 15 is 0 Å². The van der Waals surface area contributed by atoms with Crippen molar-refractivity contribution in [3.63, 3.8) is 0 Å². The third kappa shape index (κ3) is 2.30. The minimum Gasteiger partial charge on any atom is -0.359 e. The highest BCUT2D eigenvalue weighted by atomic mass is 32.1. The molecule has 0 unspecified atom stereocenters. The molecule has 1 aliphatic heterocycles. The first kappa shape index (κ1) is 11.8. The average molecular weight is 264 g/mol. The Morgan fingerprint density at radius 1 is 1.44 bits per heavy atom. The van der Waals surface area contributed by atoms with Gasteiger partial charge in [0.2, 0.25) is 0 Å². The van der Waals surface area contributed by atoms with Gasteiger partial charge in [-0.25, -0.2) is 0 Å². The molecule has 1 aliphatic rings. The molecule has 0 radical (unpaired) electrons. The second kappa shape index (κ2) is 4.78. The monoisotopic (exact) mass is 264 g/mol. The number of rotatable bonds is 3. The van der Waals surface area contributed by atoms with Gasteiger partial charge in [-0.3, -0.25) is 4.90 Å². The molecular weight excluding hydrogens is 248 g/mol. The Hall–Kier alpha value is -1.27. The molecule has 0 bridgehead atoms. The molecule has 0 saturated carbocycles. The summed E-state index contributed by atoms with van der Waals surface area (Å²) in [4.78, 5) is 2.40. The van der Waals surface area contributed by atoms with Crippen LogP contribution in [0, 0.1) is 13.8 Å². The molecule has 3 rings (SSSR count). The van der Waals surface area contributed by atoms with Crippen LogP contribution in [-0.2, 0) is 6.54 Å². The molecule has 0 N–H and O–H groups in total. The molecule has 1 atom stereocenters. The van der Waals surface area contributed by atoms with E-state index in [0.717, 1.165) is 41.0 Å². The summed E-state index contributed by atoms with van der Waals surface area (Å²) in [5, 5.41) is 14.3. The van der Waals surface area contributed by atoms with Crippen LogP contribution < -0.4 is 0 Å². The van der Waals surface area contributed by atoms with Gasteiger partial charge in [-0.05, 0) is 33.2 Å². The van der Waals surface area contributed by atoms with Crippen molar-refractivity contribution in [1.29, 1.82) is 0 Å². The number of nitrogens with zero attached hydrogens (tertiary/aromatic N) is 4. The van der Waals surface area contributed by atoms with E-state index in [1.807, 2.05) is 19.9 Å². The zero-order valence-electron chi connectivity index (χ0n) is 10.6. The van der Waals surface area contributed by atoms with Crippen LogP contribution >= 0.6 is 11.3 Å². The highest BCUT2D eigenvalue weighted by molar-refractivity contribution is 7.11. The number of aryl methyl sites for hydroxylation is 2. The van der Waals surface area contributed by atoms with Crippen LogP contribution in [0.15, 0.2) is 10.6 Å². The molecule has 1 saturated heterocycles. The van der Waals surface area contributed by atoms with Crippen molar-refractivity contribution in [2.24, 2.45) is 0 Å². The second-order valence-electron chi connectivity index (χ2n) is 4.71. The van der Waals surface area contributed by atoms with E-state index in [4.69, 9.17) is 4.52 Å². The molecule has 0 amide bonds. The van der Waals surface area contributed by atoms with Crippen LogP contribution in [0.4, 0.5) is 0 Å². The van der Waals surface area contributed by atoms with Crippen molar-refractivity contribution in [3.05, 3.63) is 27.5 Å². The first-order chi connectivity index (χ1) is 8.72. The second-order valence-corrected chi connectivity index (χ2v) is 5.98. The summed E-state index contributed by atoms with van der Waals surface area (Å²) in [6.07, 6.45) is 2.33. The van der Waals surface area contributed by atoms with Crippen LogP contribution in [0.5, 0.6) is 0 Å². The van der Waals surface area contributed by atoms with Gasteiger partial charge in [0.15, 0.2) is 5.76 Å². The normalized spacial score (nSPS) is 20.7. The highest BCUT2D eigenvalue weighted by Gasteiger charge is 2.29. The number of likely N-dealkylation sites (tertiary alicyclic amines) is 1. The predicted molar refractivity (Wildman–Crippen MR) is 68.3 cm³/mol. The Labute approximate surface area is 110 Å². The minimum atomic E-state index is 0.343. The lowest BCUT2D eigenvalue weighted by atomic mass is 10.1. The van der Waals surface area contributed by atoms with Crippen LogP contribution in [0.1, 0.15) is 40.4 Å². The Morgan fingerprint density at radius 3 is 3.00 bits per heavy atom. The minimum absolute atomic E-state index is 0.343. The van der Waals surface area contributed by atoms with Crippen molar-refractivity contribution >= 4 is 11.3 Å². The smallest absolute Gasteiger partial charge is 0.154 e. The Balaban J connectivity index is 1.75. The van der Waals surface area contributed by atoms with Crippen LogP contribution in [0.2, 0.25) is 0 Å². The lowest BCUT2D eigenvalue weighted by Gasteiger charge is -2.20. The first-order valence-electron chi connectivity index (χ1n) is 6.18. The van der Waals surface area contributed by atoms with Gasteiger partial charge in [-0.15, -0.1) is 21.5 Å². The Morgan fingerprint density at radius 2 is 2.33 bits per heavy atom. The summed E-state index contributed by atoms with van der Waals surface area (Å²) < 4.78 is 5.40. The van der Waals surface area contributed by atoms with Crippen LogP contribution in [0.25, 0.3) is 0 Å². The highest BCUT2D eigenvalue weighted by Crippen LogP contribution is 2.33. The van der Waals surface area contributed by atoms with Gasteiger partial charge >= 0.3 is 0 Å². The third-order valence-electron chi connectivity index (χ3n) is 3.24.